The zero-order chi connectivity index (χ0) is 12.1. The molecule has 17 heavy (non-hydrogen) atoms. The van der Waals surface area contributed by atoms with E-state index >= 15 is 0 Å². The average molecular weight is 298 g/mol. The Kier molecular flexibility index (Phi) is 4.45. The third-order valence-electron chi connectivity index (χ3n) is 2.54. The van der Waals surface area contributed by atoms with E-state index in [-0.39, 0.29) is 0 Å². The molecule has 0 saturated carbocycles. The zero-order valence-corrected chi connectivity index (χ0v) is 11.4. The van der Waals surface area contributed by atoms with Gasteiger partial charge in [0.1, 0.15) is 0 Å². The van der Waals surface area contributed by atoms with Gasteiger partial charge in [0.2, 0.25) is 6.79 Å². The van der Waals surface area contributed by atoms with Crippen LogP contribution in [0.2, 0.25) is 0 Å². The minimum Gasteiger partial charge on any atom is -0.454 e. The molecule has 3 nitrogen and oxygen atoms in total. The molecule has 0 aliphatic carbocycles. The van der Waals surface area contributed by atoms with E-state index in [0.29, 0.717) is 6.79 Å². The van der Waals surface area contributed by atoms with Crippen molar-refractivity contribution < 1.29 is 9.47 Å². The van der Waals surface area contributed by atoms with E-state index in [4.69, 9.17) is 9.47 Å². The monoisotopic (exact) mass is 297 g/mol. The summed E-state index contributed by atoms with van der Waals surface area (Å²) in [5, 5.41) is 3.39. The van der Waals surface area contributed by atoms with Crippen LogP contribution in [0.4, 0.5) is 0 Å². The quantitative estimate of drug-likeness (QED) is 0.669. The van der Waals surface area contributed by atoms with E-state index in [1.165, 1.54) is 5.56 Å². The third kappa shape index (κ3) is 3.23. The Balaban J connectivity index is 1.91. The van der Waals surface area contributed by atoms with Crippen LogP contribution in [-0.2, 0) is 6.54 Å². The summed E-state index contributed by atoms with van der Waals surface area (Å²) in [5.41, 5.74) is 1.20. The van der Waals surface area contributed by atoms with Gasteiger partial charge in [-0.05, 0) is 53.5 Å². The molecule has 0 radical (unpaired) electrons. The molecule has 0 aromatic heterocycles. The molecular weight excluding hydrogens is 282 g/mol. The lowest BCUT2D eigenvalue weighted by atomic mass is 10.2. The minimum absolute atomic E-state index is 0.312. The van der Waals surface area contributed by atoms with Crippen molar-refractivity contribution in [1.82, 2.24) is 5.32 Å². The Labute approximate surface area is 110 Å². The van der Waals surface area contributed by atoms with Gasteiger partial charge in [-0.3, -0.25) is 0 Å². The number of benzene rings is 1. The number of nitrogens with one attached hydrogen (secondary N) is 1. The molecular formula is C13H16BrNO2. The molecule has 1 heterocycles. The van der Waals surface area contributed by atoms with Crippen LogP contribution in [0, 0.1) is 0 Å². The van der Waals surface area contributed by atoms with E-state index in [0.717, 1.165) is 35.5 Å². The lowest BCUT2D eigenvalue weighted by Gasteiger charge is -2.06. The molecule has 1 aromatic carbocycles. The highest BCUT2D eigenvalue weighted by Crippen LogP contribution is 2.39. The molecule has 1 aromatic rings. The fourth-order valence-electron chi connectivity index (χ4n) is 1.71. The van der Waals surface area contributed by atoms with E-state index < -0.39 is 0 Å². The van der Waals surface area contributed by atoms with Crippen molar-refractivity contribution >= 4 is 15.9 Å². The molecule has 0 unspecified atom stereocenters. The molecule has 0 amide bonds. The zero-order valence-electron chi connectivity index (χ0n) is 9.83. The maximum absolute atomic E-state index is 5.37. The molecule has 0 saturated heterocycles. The maximum Gasteiger partial charge on any atom is 0.231 e. The first-order valence-electron chi connectivity index (χ1n) is 5.71. The Morgan fingerprint density at radius 3 is 3.12 bits per heavy atom. The number of hydrogen-bond acceptors (Lipinski definition) is 3. The van der Waals surface area contributed by atoms with Crippen molar-refractivity contribution in [1.29, 1.82) is 0 Å². The topological polar surface area (TPSA) is 30.5 Å². The van der Waals surface area contributed by atoms with Crippen molar-refractivity contribution in [2.45, 2.75) is 19.9 Å². The van der Waals surface area contributed by atoms with Gasteiger partial charge < -0.3 is 14.8 Å². The smallest absolute Gasteiger partial charge is 0.231 e. The summed E-state index contributed by atoms with van der Waals surface area (Å²) in [5.74, 6) is 1.63. The highest BCUT2D eigenvalue weighted by atomic mass is 79.9. The van der Waals surface area contributed by atoms with Crippen LogP contribution in [0.1, 0.15) is 18.9 Å². The van der Waals surface area contributed by atoms with Gasteiger partial charge in [0.05, 0.1) is 4.47 Å². The van der Waals surface area contributed by atoms with E-state index in [1.54, 1.807) is 0 Å². The Hall–Kier alpha value is -1.00. The lowest BCUT2D eigenvalue weighted by molar-refractivity contribution is 0.173. The Morgan fingerprint density at radius 2 is 2.29 bits per heavy atom. The summed E-state index contributed by atoms with van der Waals surface area (Å²) in [6.45, 7) is 4.17. The molecule has 2 rings (SSSR count). The second-order valence-corrected chi connectivity index (χ2v) is 4.70. The number of fused-ring (bicyclic) bond motifs is 1. The second kappa shape index (κ2) is 6.07. The van der Waals surface area contributed by atoms with Crippen molar-refractivity contribution in [3.63, 3.8) is 0 Å². The largest absolute Gasteiger partial charge is 0.454 e. The predicted molar refractivity (Wildman–Crippen MR) is 71.4 cm³/mol. The fourth-order valence-corrected chi connectivity index (χ4v) is 2.31. The number of rotatable bonds is 5. The number of halogens is 1. The SMILES string of the molecule is C/C=C/CCNCc1cc(Br)c2c(c1)OCO2. The van der Waals surface area contributed by atoms with Crippen molar-refractivity contribution in [2.75, 3.05) is 13.3 Å². The van der Waals surface area contributed by atoms with Gasteiger partial charge in [-0.25, -0.2) is 0 Å². The van der Waals surface area contributed by atoms with Crippen molar-refractivity contribution in [3.8, 4) is 11.5 Å². The van der Waals surface area contributed by atoms with Crippen LogP contribution in [0.5, 0.6) is 11.5 Å². The molecule has 0 atom stereocenters. The van der Waals surface area contributed by atoms with Crippen LogP contribution in [0.3, 0.4) is 0 Å². The van der Waals surface area contributed by atoms with Crippen LogP contribution >= 0.6 is 15.9 Å². The fraction of sp³-hybridized carbons (Fsp3) is 0.385. The normalized spacial score (nSPS) is 13.5. The Morgan fingerprint density at radius 1 is 1.41 bits per heavy atom. The van der Waals surface area contributed by atoms with Crippen molar-refractivity contribution in [2.24, 2.45) is 0 Å². The number of ether oxygens (including phenoxy) is 2. The average Bonchev–Trinajstić information content (AvgIpc) is 2.77. The molecule has 1 aliphatic rings. The van der Waals surface area contributed by atoms with Gasteiger partial charge in [-0.2, -0.15) is 0 Å². The van der Waals surface area contributed by atoms with Crippen LogP contribution < -0.4 is 14.8 Å². The summed E-state index contributed by atoms with van der Waals surface area (Å²) >= 11 is 3.49. The number of allylic oxidation sites excluding steroid dienone is 1. The highest BCUT2D eigenvalue weighted by molar-refractivity contribution is 9.10. The van der Waals surface area contributed by atoms with E-state index in [9.17, 15) is 0 Å². The summed E-state index contributed by atoms with van der Waals surface area (Å²) in [6, 6.07) is 4.09. The first-order chi connectivity index (χ1) is 8.31. The summed E-state index contributed by atoms with van der Waals surface area (Å²) in [6.07, 6.45) is 5.28. The van der Waals surface area contributed by atoms with Gasteiger partial charge >= 0.3 is 0 Å². The molecule has 1 N–H and O–H groups in total. The highest BCUT2D eigenvalue weighted by Gasteiger charge is 2.17. The van der Waals surface area contributed by atoms with E-state index in [1.807, 2.05) is 13.0 Å². The van der Waals surface area contributed by atoms with Gasteiger partial charge in [0.15, 0.2) is 11.5 Å². The van der Waals surface area contributed by atoms with Gasteiger partial charge in [0, 0.05) is 6.54 Å². The summed E-state index contributed by atoms with van der Waals surface area (Å²) in [4.78, 5) is 0. The first kappa shape index (κ1) is 12.5. The molecule has 4 heteroatoms. The van der Waals surface area contributed by atoms with Gasteiger partial charge in [0.25, 0.3) is 0 Å². The standard InChI is InChI=1S/C13H16BrNO2/c1-2-3-4-5-15-8-10-6-11(14)13-12(7-10)16-9-17-13/h2-3,6-7,15H,4-5,8-9H2,1H3/b3-2+. The minimum atomic E-state index is 0.312. The summed E-state index contributed by atoms with van der Waals surface area (Å²) < 4.78 is 11.7. The molecule has 0 spiro atoms. The van der Waals surface area contributed by atoms with Crippen LogP contribution in [-0.4, -0.2) is 13.3 Å². The lowest BCUT2D eigenvalue weighted by Crippen LogP contribution is -2.13. The molecule has 1 aliphatic heterocycles. The van der Waals surface area contributed by atoms with Crippen LogP contribution in [0.15, 0.2) is 28.8 Å². The molecule has 92 valence electrons. The third-order valence-corrected chi connectivity index (χ3v) is 3.13. The van der Waals surface area contributed by atoms with E-state index in [2.05, 4.69) is 39.5 Å². The molecule has 0 fully saturated rings. The number of hydrogen-bond donors (Lipinski definition) is 1. The van der Waals surface area contributed by atoms with Gasteiger partial charge in [-0.1, -0.05) is 12.2 Å². The summed E-state index contributed by atoms with van der Waals surface area (Å²) in [7, 11) is 0. The van der Waals surface area contributed by atoms with Crippen LogP contribution in [0.25, 0.3) is 0 Å². The van der Waals surface area contributed by atoms with Crippen molar-refractivity contribution in [3.05, 3.63) is 34.3 Å². The van der Waals surface area contributed by atoms with Gasteiger partial charge in [-0.15, -0.1) is 0 Å². The maximum atomic E-state index is 5.37. The Bertz CT molecular complexity index is 418. The second-order valence-electron chi connectivity index (χ2n) is 3.85. The first-order valence-corrected chi connectivity index (χ1v) is 6.50. The predicted octanol–water partition coefficient (Wildman–Crippen LogP) is 3.23. The molecule has 0 bridgehead atoms.